The van der Waals surface area contributed by atoms with Crippen LogP contribution in [0, 0.1) is 0 Å². The van der Waals surface area contributed by atoms with E-state index in [9.17, 15) is 0 Å². The summed E-state index contributed by atoms with van der Waals surface area (Å²) >= 11 is 0. The van der Waals surface area contributed by atoms with Gasteiger partial charge in [-0.3, -0.25) is 0 Å². The van der Waals surface area contributed by atoms with Gasteiger partial charge in [-0.05, 0) is 24.5 Å². The first kappa shape index (κ1) is 8.79. The molecule has 0 heteroatoms. The van der Waals surface area contributed by atoms with Gasteiger partial charge in [0.25, 0.3) is 0 Å². The fourth-order valence-corrected chi connectivity index (χ4v) is 1.15. The fraction of sp³-hybridized carbons (Fsp3) is 0.167. The number of rotatable bonds is 2. The molecule has 0 aromatic heterocycles. The van der Waals surface area contributed by atoms with Crippen LogP contribution in [0.1, 0.15) is 13.3 Å². The van der Waals surface area contributed by atoms with Crippen molar-refractivity contribution in [1.82, 2.24) is 0 Å². The van der Waals surface area contributed by atoms with Crippen molar-refractivity contribution in [3.05, 3.63) is 60.3 Å². The number of hydrogen-bond donors (Lipinski definition) is 0. The molecular weight excluding hydrogens is 144 g/mol. The molecule has 0 heterocycles. The van der Waals surface area contributed by atoms with Crippen LogP contribution in [0.15, 0.2) is 60.3 Å². The van der Waals surface area contributed by atoms with Gasteiger partial charge in [0.2, 0.25) is 0 Å². The fourth-order valence-electron chi connectivity index (χ4n) is 1.15. The third kappa shape index (κ3) is 2.39. The molecule has 0 atom stereocenters. The molecule has 0 aromatic carbocycles. The zero-order valence-electron chi connectivity index (χ0n) is 7.46. The van der Waals surface area contributed by atoms with Crippen LogP contribution in [0.2, 0.25) is 0 Å². The molecule has 0 aliphatic heterocycles. The first-order chi connectivity index (χ1) is 5.84. The zero-order chi connectivity index (χ0) is 8.81. The summed E-state index contributed by atoms with van der Waals surface area (Å²) in [4.78, 5) is 0. The first-order valence-electron chi connectivity index (χ1n) is 4.16. The van der Waals surface area contributed by atoms with Gasteiger partial charge in [0, 0.05) is 0 Å². The average molecular weight is 158 g/mol. The summed E-state index contributed by atoms with van der Waals surface area (Å²) in [5.74, 6) is 0. The van der Waals surface area contributed by atoms with Gasteiger partial charge in [-0.25, -0.2) is 0 Å². The van der Waals surface area contributed by atoms with E-state index in [4.69, 9.17) is 0 Å². The van der Waals surface area contributed by atoms with E-state index in [-0.39, 0.29) is 0 Å². The van der Waals surface area contributed by atoms with Crippen molar-refractivity contribution in [2.45, 2.75) is 13.3 Å². The van der Waals surface area contributed by atoms with Gasteiger partial charge in [0.05, 0.1) is 0 Å². The van der Waals surface area contributed by atoms with Gasteiger partial charge >= 0.3 is 0 Å². The standard InChI is InChI=1S/C12H14/c1-3-8-11(2)12-9-6-4-5-7-10-12/h3-9H,1,10H2,2H3/b11-8+. The van der Waals surface area contributed by atoms with E-state index < -0.39 is 0 Å². The molecule has 0 saturated heterocycles. The Hall–Kier alpha value is -1.30. The van der Waals surface area contributed by atoms with E-state index in [1.54, 1.807) is 0 Å². The molecule has 0 radical (unpaired) electrons. The maximum Gasteiger partial charge on any atom is -0.00917 e. The van der Waals surface area contributed by atoms with Crippen LogP contribution in [-0.4, -0.2) is 0 Å². The van der Waals surface area contributed by atoms with Crippen LogP contribution in [0.4, 0.5) is 0 Å². The van der Waals surface area contributed by atoms with Crippen LogP contribution in [0.25, 0.3) is 0 Å². The van der Waals surface area contributed by atoms with Gasteiger partial charge in [-0.2, -0.15) is 0 Å². The van der Waals surface area contributed by atoms with Crippen molar-refractivity contribution < 1.29 is 0 Å². The van der Waals surface area contributed by atoms with Gasteiger partial charge in [-0.15, -0.1) is 0 Å². The minimum atomic E-state index is 1.02. The molecule has 12 heavy (non-hydrogen) atoms. The van der Waals surface area contributed by atoms with E-state index in [0.717, 1.165) is 6.42 Å². The van der Waals surface area contributed by atoms with Gasteiger partial charge in [0.1, 0.15) is 0 Å². The number of hydrogen-bond acceptors (Lipinski definition) is 0. The zero-order valence-corrected chi connectivity index (χ0v) is 7.46. The van der Waals surface area contributed by atoms with Gasteiger partial charge in [-0.1, -0.05) is 49.1 Å². The Bertz CT molecular complexity index is 272. The van der Waals surface area contributed by atoms with Crippen LogP contribution in [0.5, 0.6) is 0 Å². The van der Waals surface area contributed by atoms with Crippen LogP contribution < -0.4 is 0 Å². The Balaban J connectivity index is 2.81. The molecule has 0 N–H and O–H groups in total. The van der Waals surface area contributed by atoms with Crippen LogP contribution >= 0.6 is 0 Å². The summed E-state index contributed by atoms with van der Waals surface area (Å²) in [5, 5.41) is 0. The molecule has 0 nitrogen and oxygen atoms in total. The summed E-state index contributed by atoms with van der Waals surface area (Å²) < 4.78 is 0. The Morgan fingerprint density at radius 1 is 1.42 bits per heavy atom. The molecule has 0 unspecified atom stereocenters. The molecular formula is C12H14. The highest BCUT2D eigenvalue weighted by Crippen LogP contribution is 2.16. The maximum atomic E-state index is 3.68. The lowest BCUT2D eigenvalue weighted by Crippen LogP contribution is -1.82. The van der Waals surface area contributed by atoms with E-state index >= 15 is 0 Å². The van der Waals surface area contributed by atoms with Gasteiger partial charge in [0.15, 0.2) is 0 Å². The second-order valence-electron chi connectivity index (χ2n) is 2.79. The van der Waals surface area contributed by atoms with Crippen molar-refractivity contribution in [2.75, 3.05) is 0 Å². The van der Waals surface area contributed by atoms with E-state index in [1.165, 1.54) is 11.1 Å². The Morgan fingerprint density at radius 3 is 3.00 bits per heavy atom. The molecule has 1 aliphatic rings. The average Bonchev–Trinajstić information content (AvgIpc) is 2.32. The van der Waals surface area contributed by atoms with E-state index in [1.807, 2.05) is 18.2 Å². The van der Waals surface area contributed by atoms with Gasteiger partial charge < -0.3 is 0 Å². The number of allylic oxidation sites excluding steroid dienone is 9. The summed E-state index contributed by atoms with van der Waals surface area (Å²) in [6.07, 6.45) is 15.4. The second-order valence-corrected chi connectivity index (χ2v) is 2.79. The topological polar surface area (TPSA) is 0 Å². The van der Waals surface area contributed by atoms with Crippen molar-refractivity contribution in [1.29, 1.82) is 0 Å². The third-order valence-electron chi connectivity index (χ3n) is 1.87. The minimum Gasteiger partial charge on any atom is -0.0991 e. The predicted octanol–water partition coefficient (Wildman–Crippen LogP) is 3.56. The lowest BCUT2D eigenvalue weighted by molar-refractivity contribution is 1.21. The summed E-state index contributed by atoms with van der Waals surface area (Å²) in [6.45, 7) is 5.79. The molecule has 0 fully saturated rings. The maximum absolute atomic E-state index is 3.68. The van der Waals surface area contributed by atoms with E-state index in [0.29, 0.717) is 0 Å². The quantitative estimate of drug-likeness (QED) is 0.539. The third-order valence-corrected chi connectivity index (χ3v) is 1.87. The molecule has 0 aromatic rings. The Kier molecular flexibility index (Phi) is 3.34. The molecule has 0 saturated carbocycles. The highest BCUT2D eigenvalue weighted by Gasteiger charge is 1.96. The lowest BCUT2D eigenvalue weighted by Gasteiger charge is -2.01. The molecule has 0 bridgehead atoms. The largest absolute Gasteiger partial charge is 0.0991 e. The van der Waals surface area contributed by atoms with Crippen LogP contribution in [-0.2, 0) is 0 Å². The molecule has 1 rings (SSSR count). The van der Waals surface area contributed by atoms with E-state index in [2.05, 4.69) is 37.8 Å². The molecule has 1 aliphatic carbocycles. The Morgan fingerprint density at radius 2 is 2.25 bits per heavy atom. The highest BCUT2D eigenvalue weighted by molar-refractivity contribution is 5.38. The summed E-state index contributed by atoms with van der Waals surface area (Å²) in [6, 6.07) is 0. The first-order valence-corrected chi connectivity index (χ1v) is 4.16. The summed E-state index contributed by atoms with van der Waals surface area (Å²) in [5.41, 5.74) is 2.65. The normalized spacial score (nSPS) is 17.1. The minimum absolute atomic E-state index is 1.02. The van der Waals surface area contributed by atoms with Crippen molar-refractivity contribution in [3.63, 3.8) is 0 Å². The lowest BCUT2D eigenvalue weighted by atomic mass is 10.0. The van der Waals surface area contributed by atoms with Crippen LogP contribution in [0.3, 0.4) is 0 Å². The SMILES string of the molecule is C=C/C=C(\C)C1=CC=CC=CC1. The Labute approximate surface area is 74.3 Å². The van der Waals surface area contributed by atoms with Crippen molar-refractivity contribution in [3.8, 4) is 0 Å². The summed E-state index contributed by atoms with van der Waals surface area (Å²) in [7, 11) is 0. The molecule has 0 amide bonds. The molecule has 0 spiro atoms. The monoisotopic (exact) mass is 158 g/mol. The second kappa shape index (κ2) is 4.55. The van der Waals surface area contributed by atoms with Crippen molar-refractivity contribution >= 4 is 0 Å². The smallest absolute Gasteiger partial charge is 0.00917 e. The van der Waals surface area contributed by atoms with Crippen molar-refractivity contribution in [2.24, 2.45) is 0 Å². The highest BCUT2D eigenvalue weighted by atomic mass is 14.0. The molecule has 62 valence electrons. The predicted molar refractivity (Wildman–Crippen MR) is 54.9 cm³/mol.